The molecule has 1 aliphatic heterocycles. The molecule has 30 heavy (non-hydrogen) atoms. The summed E-state index contributed by atoms with van der Waals surface area (Å²) < 4.78 is 32.0. The normalized spacial score (nSPS) is 14.4. The minimum Gasteiger partial charge on any atom is -0.492 e. The van der Waals surface area contributed by atoms with Crippen molar-refractivity contribution in [2.45, 2.75) is 24.7 Å². The number of nitrogens with one attached hydrogen (secondary N) is 1. The van der Waals surface area contributed by atoms with Crippen LogP contribution in [0, 0.1) is 17.0 Å². The van der Waals surface area contributed by atoms with Gasteiger partial charge in [0.05, 0.1) is 16.4 Å². The maximum atomic E-state index is 12.5. The Hall–Kier alpha value is -2.98. The van der Waals surface area contributed by atoms with Gasteiger partial charge in [-0.15, -0.1) is 0 Å². The number of nitro groups is 1. The van der Waals surface area contributed by atoms with Crippen molar-refractivity contribution in [3.8, 4) is 5.75 Å². The number of carbonyl (C=O) groups excluding carboxylic acids is 1. The minimum atomic E-state index is -3.46. The molecule has 10 heteroatoms. The van der Waals surface area contributed by atoms with E-state index in [0.29, 0.717) is 24.4 Å². The Balaban J connectivity index is 1.50. The number of nitrogens with zero attached hydrogens (tertiary/aromatic N) is 2. The number of sulfonamides is 1. The quantitative estimate of drug-likeness (QED) is 0.388. The molecule has 160 valence electrons. The van der Waals surface area contributed by atoms with Crippen molar-refractivity contribution in [1.82, 2.24) is 9.62 Å². The SMILES string of the molecule is Cc1ccc(C(=O)NCCOc2ccc(S(=O)(=O)N3CCCC3)cc2)cc1[N+](=O)[O-]. The predicted molar refractivity (Wildman–Crippen MR) is 110 cm³/mol. The van der Waals surface area contributed by atoms with E-state index in [1.165, 1.54) is 34.6 Å². The van der Waals surface area contributed by atoms with E-state index in [1.54, 1.807) is 19.1 Å². The molecule has 0 unspecified atom stereocenters. The number of ether oxygens (including phenoxy) is 1. The Morgan fingerprint density at radius 2 is 1.83 bits per heavy atom. The summed E-state index contributed by atoms with van der Waals surface area (Å²) in [4.78, 5) is 22.9. The second-order valence-corrected chi connectivity index (χ2v) is 8.88. The summed E-state index contributed by atoms with van der Waals surface area (Å²) >= 11 is 0. The van der Waals surface area contributed by atoms with E-state index in [9.17, 15) is 23.3 Å². The third kappa shape index (κ3) is 4.95. The fraction of sp³-hybridized carbons (Fsp3) is 0.350. The lowest BCUT2D eigenvalue weighted by atomic mass is 10.1. The van der Waals surface area contributed by atoms with Gasteiger partial charge in [0.25, 0.3) is 11.6 Å². The first kappa shape index (κ1) is 21.7. The molecule has 1 aliphatic rings. The third-order valence-electron chi connectivity index (χ3n) is 4.85. The number of nitro benzene ring substituents is 1. The first-order chi connectivity index (χ1) is 14.3. The van der Waals surface area contributed by atoms with Crippen LogP contribution in [0.5, 0.6) is 5.75 Å². The Labute approximate surface area is 174 Å². The molecule has 9 nitrogen and oxygen atoms in total. The molecule has 1 heterocycles. The number of benzene rings is 2. The van der Waals surface area contributed by atoms with Crippen molar-refractivity contribution in [2.75, 3.05) is 26.2 Å². The van der Waals surface area contributed by atoms with Crippen molar-refractivity contribution in [2.24, 2.45) is 0 Å². The smallest absolute Gasteiger partial charge is 0.273 e. The van der Waals surface area contributed by atoms with Gasteiger partial charge < -0.3 is 10.1 Å². The summed E-state index contributed by atoms with van der Waals surface area (Å²) in [6, 6.07) is 10.5. The molecular formula is C20H23N3O6S. The molecule has 0 atom stereocenters. The fourth-order valence-corrected chi connectivity index (χ4v) is 4.69. The number of rotatable bonds is 8. The van der Waals surface area contributed by atoms with Crippen molar-refractivity contribution >= 4 is 21.6 Å². The lowest BCUT2D eigenvalue weighted by Crippen LogP contribution is -2.28. The van der Waals surface area contributed by atoms with E-state index in [-0.39, 0.29) is 29.3 Å². The highest BCUT2D eigenvalue weighted by Crippen LogP contribution is 2.23. The van der Waals surface area contributed by atoms with Crippen LogP contribution in [0.1, 0.15) is 28.8 Å². The average molecular weight is 433 g/mol. The summed E-state index contributed by atoms with van der Waals surface area (Å²) in [6.45, 7) is 3.05. The molecule has 3 rings (SSSR count). The van der Waals surface area contributed by atoms with Crippen LogP contribution < -0.4 is 10.1 Å². The number of amides is 1. The van der Waals surface area contributed by atoms with Gasteiger partial charge in [-0.1, -0.05) is 6.07 Å². The van der Waals surface area contributed by atoms with E-state index < -0.39 is 20.9 Å². The van der Waals surface area contributed by atoms with Crippen molar-refractivity contribution in [1.29, 1.82) is 0 Å². The fourth-order valence-electron chi connectivity index (χ4n) is 3.17. The molecule has 0 spiro atoms. The zero-order valence-electron chi connectivity index (χ0n) is 16.5. The van der Waals surface area contributed by atoms with Gasteiger partial charge in [0, 0.05) is 30.3 Å². The molecule has 1 saturated heterocycles. The van der Waals surface area contributed by atoms with Crippen LogP contribution in [-0.2, 0) is 10.0 Å². The van der Waals surface area contributed by atoms with E-state index in [0.717, 1.165) is 12.8 Å². The molecule has 0 aliphatic carbocycles. The van der Waals surface area contributed by atoms with Gasteiger partial charge in [0.1, 0.15) is 12.4 Å². The van der Waals surface area contributed by atoms with Crippen molar-refractivity contribution < 1.29 is 22.9 Å². The van der Waals surface area contributed by atoms with Crippen LogP contribution in [0.2, 0.25) is 0 Å². The topological polar surface area (TPSA) is 119 Å². The largest absolute Gasteiger partial charge is 0.492 e. The van der Waals surface area contributed by atoms with E-state index in [2.05, 4.69) is 5.32 Å². The Morgan fingerprint density at radius 1 is 1.17 bits per heavy atom. The minimum absolute atomic E-state index is 0.108. The number of hydrogen-bond acceptors (Lipinski definition) is 6. The Bertz CT molecular complexity index is 1030. The second kappa shape index (κ2) is 9.23. The molecular weight excluding hydrogens is 410 g/mol. The summed E-state index contributed by atoms with van der Waals surface area (Å²) in [7, 11) is -3.46. The Morgan fingerprint density at radius 3 is 2.47 bits per heavy atom. The highest BCUT2D eigenvalue weighted by molar-refractivity contribution is 7.89. The summed E-state index contributed by atoms with van der Waals surface area (Å²) in [5.41, 5.74) is 0.571. The first-order valence-corrected chi connectivity index (χ1v) is 11.0. The molecule has 0 saturated carbocycles. The second-order valence-electron chi connectivity index (χ2n) is 6.95. The predicted octanol–water partition coefficient (Wildman–Crippen LogP) is 2.50. The zero-order chi connectivity index (χ0) is 21.7. The van der Waals surface area contributed by atoms with Gasteiger partial charge in [-0.05, 0) is 50.1 Å². The molecule has 2 aromatic carbocycles. The molecule has 0 aromatic heterocycles. The van der Waals surface area contributed by atoms with Crippen LogP contribution in [0.15, 0.2) is 47.4 Å². The number of carbonyl (C=O) groups is 1. The van der Waals surface area contributed by atoms with Gasteiger partial charge in [-0.25, -0.2) is 8.42 Å². The van der Waals surface area contributed by atoms with Gasteiger partial charge in [0.2, 0.25) is 10.0 Å². The van der Waals surface area contributed by atoms with E-state index in [1.807, 2.05) is 0 Å². The van der Waals surface area contributed by atoms with Gasteiger partial charge in [-0.2, -0.15) is 4.31 Å². The Kier molecular flexibility index (Phi) is 6.68. The summed E-state index contributed by atoms with van der Waals surface area (Å²) in [6.07, 6.45) is 1.75. The van der Waals surface area contributed by atoms with E-state index in [4.69, 9.17) is 4.74 Å². The lowest BCUT2D eigenvalue weighted by Gasteiger charge is -2.15. The molecule has 1 amide bonds. The maximum Gasteiger partial charge on any atom is 0.273 e. The molecule has 1 fully saturated rings. The van der Waals surface area contributed by atoms with Crippen LogP contribution in [0.25, 0.3) is 0 Å². The highest BCUT2D eigenvalue weighted by Gasteiger charge is 2.26. The maximum absolute atomic E-state index is 12.5. The van der Waals surface area contributed by atoms with Gasteiger partial charge in [0.15, 0.2) is 0 Å². The summed E-state index contributed by atoms with van der Waals surface area (Å²) in [5.74, 6) is 0.0457. The monoisotopic (exact) mass is 433 g/mol. The number of aryl methyl sites for hydroxylation is 1. The van der Waals surface area contributed by atoms with Crippen molar-refractivity contribution in [3.05, 3.63) is 63.7 Å². The van der Waals surface area contributed by atoms with Gasteiger partial charge in [-0.3, -0.25) is 14.9 Å². The first-order valence-electron chi connectivity index (χ1n) is 9.55. The molecule has 1 N–H and O–H groups in total. The standard InChI is InChI=1S/C20H23N3O6S/c1-15-4-5-16(14-19(15)23(25)26)20(24)21-10-13-29-17-6-8-18(9-7-17)30(27,28)22-11-2-3-12-22/h4-9,14H,2-3,10-13H2,1H3,(H,21,24). The summed E-state index contributed by atoms with van der Waals surface area (Å²) in [5, 5.41) is 13.6. The van der Waals surface area contributed by atoms with Crippen molar-refractivity contribution in [3.63, 3.8) is 0 Å². The zero-order valence-corrected chi connectivity index (χ0v) is 17.4. The number of hydrogen-bond donors (Lipinski definition) is 1. The molecule has 0 radical (unpaired) electrons. The lowest BCUT2D eigenvalue weighted by molar-refractivity contribution is -0.385. The van der Waals surface area contributed by atoms with Gasteiger partial charge >= 0.3 is 0 Å². The molecule has 2 aromatic rings. The highest BCUT2D eigenvalue weighted by atomic mass is 32.2. The van der Waals surface area contributed by atoms with Crippen LogP contribution >= 0.6 is 0 Å². The van der Waals surface area contributed by atoms with Crippen LogP contribution in [-0.4, -0.2) is 49.8 Å². The third-order valence-corrected chi connectivity index (χ3v) is 6.76. The molecule has 0 bridgehead atoms. The average Bonchev–Trinajstić information content (AvgIpc) is 3.27. The van der Waals surface area contributed by atoms with Crippen LogP contribution in [0.3, 0.4) is 0 Å². The van der Waals surface area contributed by atoms with Crippen LogP contribution in [0.4, 0.5) is 5.69 Å². The van der Waals surface area contributed by atoms with E-state index >= 15 is 0 Å².